The van der Waals surface area contributed by atoms with Crippen LogP contribution in [-0.2, 0) is 6.54 Å². The molecule has 2 fully saturated rings. The van der Waals surface area contributed by atoms with E-state index in [0.29, 0.717) is 5.41 Å². The number of guanidine groups is 1. The van der Waals surface area contributed by atoms with Crippen LogP contribution >= 0.6 is 0 Å². The van der Waals surface area contributed by atoms with Crippen LogP contribution in [0.4, 0.5) is 5.82 Å². The zero-order valence-corrected chi connectivity index (χ0v) is 16.1. The number of anilines is 1. The molecule has 138 valence electrons. The van der Waals surface area contributed by atoms with Crippen molar-refractivity contribution in [2.75, 3.05) is 58.3 Å². The fourth-order valence-electron chi connectivity index (χ4n) is 3.55. The first kappa shape index (κ1) is 18.0. The number of hydrogen-bond acceptors (Lipinski definition) is 4. The molecule has 0 aliphatic carbocycles. The number of aromatic nitrogens is 1. The Bertz CT molecular complexity index is 586. The van der Waals surface area contributed by atoms with Crippen molar-refractivity contribution in [3.05, 3.63) is 23.9 Å². The van der Waals surface area contributed by atoms with E-state index in [1.807, 2.05) is 13.2 Å². The largest absolute Gasteiger partial charge is 0.354 e. The summed E-state index contributed by atoms with van der Waals surface area (Å²) in [6.07, 6.45) is 3.21. The number of likely N-dealkylation sites (tertiary alicyclic amines) is 1. The Morgan fingerprint density at radius 2 is 1.96 bits per heavy atom. The van der Waals surface area contributed by atoms with Crippen molar-refractivity contribution in [3.63, 3.8) is 0 Å². The lowest BCUT2D eigenvalue weighted by atomic mass is 9.93. The predicted molar refractivity (Wildman–Crippen MR) is 104 cm³/mol. The highest BCUT2D eigenvalue weighted by Crippen LogP contribution is 2.28. The first-order valence-electron chi connectivity index (χ1n) is 9.31. The summed E-state index contributed by atoms with van der Waals surface area (Å²) in [5.41, 5.74) is 1.57. The topological polar surface area (TPSA) is 47.0 Å². The van der Waals surface area contributed by atoms with E-state index in [9.17, 15) is 0 Å². The van der Waals surface area contributed by atoms with E-state index in [1.165, 1.54) is 12.0 Å². The lowest BCUT2D eigenvalue weighted by Crippen LogP contribution is -2.44. The Morgan fingerprint density at radius 1 is 1.20 bits per heavy atom. The van der Waals surface area contributed by atoms with E-state index < -0.39 is 0 Å². The first-order valence-corrected chi connectivity index (χ1v) is 9.31. The van der Waals surface area contributed by atoms with Gasteiger partial charge in [0.25, 0.3) is 0 Å². The summed E-state index contributed by atoms with van der Waals surface area (Å²) in [4.78, 5) is 16.2. The van der Waals surface area contributed by atoms with Crippen molar-refractivity contribution in [2.45, 2.75) is 26.8 Å². The molecule has 0 aromatic carbocycles. The van der Waals surface area contributed by atoms with E-state index in [0.717, 1.165) is 57.6 Å². The lowest BCUT2D eigenvalue weighted by Gasteiger charge is -2.33. The third-order valence-electron chi connectivity index (χ3n) is 5.28. The molecule has 1 aromatic rings. The average Bonchev–Trinajstić information content (AvgIpc) is 2.97. The number of pyridine rings is 1. The molecule has 0 amide bonds. The summed E-state index contributed by atoms with van der Waals surface area (Å²) < 4.78 is 0. The third-order valence-corrected chi connectivity index (χ3v) is 5.28. The quantitative estimate of drug-likeness (QED) is 0.667. The number of hydrogen-bond donors (Lipinski definition) is 1. The van der Waals surface area contributed by atoms with E-state index in [-0.39, 0.29) is 0 Å². The molecule has 0 radical (unpaired) electrons. The van der Waals surface area contributed by atoms with E-state index in [1.54, 1.807) is 0 Å². The highest BCUT2D eigenvalue weighted by atomic mass is 15.3. The number of nitrogens with zero attached hydrogens (tertiary/aromatic N) is 5. The molecule has 2 aliphatic rings. The summed E-state index contributed by atoms with van der Waals surface area (Å²) in [6, 6.07) is 4.32. The van der Waals surface area contributed by atoms with Crippen molar-refractivity contribution in [1.82, 2.24) is 20.1 Å². The van der Waals surface area contributed by atoms with Gasteiger partial charge in [-0.1, -0.05) is 19.9 Å². The van der Waals surface area contributed by atoms with Crippen molar-refractivity contribution >= 4 is 11.8 Å². The standard InChI is InChI=1S/C19H32N6/c1-19(2)7-8-25(15-19)18(20-3)22-14-16-5-6-17(21-13-16)24-11-9-23(4)10-12-24/h5-6,13H,7-12,14-15H2,1-4H3,(H,20,22). The second kappa shape index (κ2) is 7.60. The van der Waals surface area contributed by atoms with Gasteiger partial charge in [0.1, 0.15) is 5.82 Å². The molecule has 3 rings (SSSR count). The Hall–Kier alpha value is -1.82. The molecule has 6 heteroatoms. The Labute approximate surface area is 151 Å². The normalized spacial score (nSPS) is 21.7. The first-order chi connectivity index (χ1) is 12.0. The molecular weight excluding hydrogens is 312 g/mol. The van der Waals surface area contributed by atoms with Crippen LogP contribution < -0.4 is 10.2 Å². The summed E-state index contributed by atoms with van der Waals surface area (Å²) in [5, 5.41) is 3.49. The van der Waals surface area contributed by atoms with E-state index in [4.69, 9.17) is 0 Å². The van der Waals surface area contributed by atoms with Gasteiger partial charge in [0.15, 0.2) is 5.96 Å². The van der Waals surface area contributed by atoms with E-state index >= 15 is 0 Å². The fourth-order valence-corrected chi connectivity index (χ4v) is 3.55. The molecular formula is C19H32N6. The molecule has 2 aliphatic heterocycles. The second-order valence-electron chi connectivity index (χ2n) is 8.05. The Balaban J connectivity index is 1.53. The molecule has 0 atom stereocenters. The monoisotopic (exact) mass is 344 g/mol. The molecule has 25 heavy (non-hydrogen) atoms. The van der Waals surface area contributed by atoms with Gasteiger partial charge in [-0.3, -0.25) is 4.99 Å². The van der Waals surface area contributed by atoms with Crippen LogP contribution in [0.3, 0.4) is 0 Å². The minimum Gasteiger partial charge on any atom is -0.354 e. The maximum atomic E-state index is 4.67. The summed E-state index contributed by atoms with van der Waals surface area (Å²) in [5.74, 6) is 2.08. The molecule has 2 saturated heterocycles. The molecule has 1 aromatic heterocycles. The predicted octanol–water partition coefficient (Wildman–Crippen LogP) is 1.64. The average molecular weight is 345 g/mol. The van der Waals surface area contributed by atoms with Gasteiger partial charge in [-0.2, -0.15) is 0 Å². The molecule has 0 unspecified atom stereocenters. The summed E-state index contributed by atoms with van der Waals surface area (Å²) >= 11 is 0. The molecule has 1 N–H and O–H groups in total. The minimum absolute atomic E-state index is 0.378. The van der Waals surface area contributed by atoms with E-state index in [2.05, 4.69) is 63.0 Å². The number of nitrogens with one attached hydrogen (secondary N) is 1. The minimum atomic E-state index is 0.378. The number of aliphatic imine (C=N–C) groups is 1. The van der Waals surface area contributed by atoms with Gasteiger partial charge in [0, 0.05) is 59.1 Å². The maximum absolute atomic E-state index is 4.67. The van der Waals surface area contributed by atoms with Gasteiger partial charge < -0.3 is 20.0 Å². The van der Waals surface area contributed by atoms with Gasteiger partial charge in [-0.25, -0.2) is 4.98 Å². The van der Waals surface area contributed by atoms with Crippen LogP contribution in [0, 0.1) is 5.41 Å². The van der Waals surface area contributed by atoms with Crippen LogP contribution in [0.2, 0.25) is 0 Å². The lowest BCUT2D eigenvalue weighted by molar-refractivity contribution is 0.312. The molecule has 6 nitrogen and oxygen atoms in total. The van der Waals surface area contributed by atoms with Crippen molar-refractivity contribution in [1.29, 1.82) is 0 Å². The van der Waals surface area contributed by atoms with Crippen molar-refractivity contribution in [2.24, 2.45) is 10.4 Å². The fraction of sp³-hybridized carbons (Fsp3) is 0.684. The highest BCUT2D eigenvalue weighted by Gasteiger charge is 2.30. The van der Waals surface area contributed by atoms with Crippen LogP contribution in [-0.4, -0.2) is 74.1 Å². The smallest absolute Gasteiger partial charge is 0.193 e. The van der Waals surface area contributed by atoms with Crippen molar-refractivity contribution in [3.8, 4) is 0 Å². The molecule has 0 bridgehead atoms. The SMILES string of the molecule is CN=C(NCc1ccc(N2CCN(C)CC2)nc1)N1CCC(C)(C)C1. The van der Waals surface area contributed by atoms with Gasteiger partial charge in [0.2, 0.25) is 0 Å². The number of likely N-dealkylation sites (N-methyl/N-ethyl adjacent to an activating group) is 1. The van der Waals surface area contributed by atoms with Crippen molar-refractivity contribution < 1.29 is 0 Å². The Kier molecular flexibility index (Phi) is 5.47. The summed E-state index contributed by atoms with van der Waals surface area (Å²) in [7, 11) is 4.04. The zero-order chi connectivity index (χ0) is 17.9. The van der Waals surface area contributed by atoms with Crippen LogP contribution in [0.15, 0.2) is 23.3 Å². The molecule has 3 heterocycles. The second-order valence-corrected chi connectivity index (χ2v) is 8.05. The van der Waals surface area contributed by atoms with Crippen LogP contribution in [0.25, 0.3) is 0 Å². The zero-order valence-electron chi connectivity index (χ0n) is 16.1. The Morgan fingerprint density at radius 3 is 2.52 bits per heavy atom. The van der Waals surface area contributed by atoms with Gasteiger partial charge in [-0.05, 0) is 30.5 Å². The maximum Gasteiger partial charge on any atom is 0.193 e. The van der Waals surface area contributed by atoms with Gasteiger partial charge >= 0.3 is 0 Å². The number of rotatable bonds is 3. The molecule has 0 spiro atoms. The van der Waals surface area contributed by atoms with Crippen LogP contribution in [0.5, 0.6) is 0 Å². The molecule has 0 saturated carbocycles. The third kappa shape index (κ3) is 4.63. The van der Waals surface area contributed by atoms with Gasteiger partial charge in [-0.15, -0.1) is 0 Å². The number of piperazine rings is 1. The van der Waals surface area contributed by atoms with Crippen LogP contribution in [0.1, 0.15) is 25.8 Å². The summed E-state index contributed by atoms with van der Waals surface area (Å²) in [6.45, 7) is 11.9. The highest BCUT2D eigenvalue weighted by molar-refractivity contribution is 5.80. The van der Waals surface area contributed by atoms with Gasteiger partial charge in [0.05, 0.1) is 0 Å².